The normalized spacial score (nSPS) is 11.9. The first-order valence-corrected chi connectivity index (χ1v) is 12.1. The molecule has 0 bridgehead atoms. The van der Waals surface area contributed by atoms with Crippen molar-refractivity contribution in [3.05, 3.63) is 82.1 Å². The fourth-order valence-corrected chi connectivity index (χ4v) is 4.70. The molecular weight excluding hydrogens is 493 g/mol. The third kappa shape index (κ3) is 5.35. The Balaban J connectivity index is 1.38. The van der Waals surface area contributed by atoms with E-state index in [1.165, 1.54) is 17.8 Å². The van der Waals surface area contributed by atoms with Crippen LogP contribution in [0.15, 0.2) is 65.8 Å². The molecule has 3 aromatic carbocycles. The van der Waals surface area contributed by atoms with Crippen LogP contribution in [-0.4, -0.2) is 32.3 Å². The summed E-state index contributed by atoms with van der Waals surface area (Å²) in [7, 11) is 1.79. The van der Waals surface area contributed by atoms with Gasteiger partial charge in [0.25, 0.3) is 5.91 Å². The van der Waals surface area contributed by atoms with Crippen LogP contribution in [0, 0.1) is 0 Å². The standard InChI is InChI=1S/C24H21Cl2N5O2S/c1-14(27-23(33)18-11-10-16(25)12-19(18)26)22-29-30-24(31(22)2)34-13-21(32)28-20-9-5-7-15-6-3-4-8-17(15)20/h3-12,14H,13H2,1-2H3,(H,27,33)(H,28,32)/t14-/m1/s1. The van der Waals surface area contributed by atoms with Gasteiger partial charge in [0, 0.05) is 23.1 Å². The van der Waals surface area contributed by atoms with E-state index in [-0.39, 0.29) is 22.6 Å². The molecule has 10 heteroatoms. The molecule has 0 saturated heterocycles. The van der Waals surface area contributed by atoms with E-state index in [1.54, 1.807) is 30.7 Å². The molecule has 1 heterocycles. The Morgan fingerprint density at radius 1 is 1.06 bits per heavy atom. The summed E-state index contributed by atoms with van der Waals surface area (Å²) >= 11 is 13.3. The highest BCUT2D eigenvalue weighted by Crippen LogP contribution is 2.25. The molecule has 0 radical (unpaired) electrons. The molecule has 34 heavy (non-hydrogen) atoms. The molecule has 2 N–H and O–H groups in total. The molecule has 1 atom stereocenters. The number of fused-ring (bicyclic) bond motifs is 1. The average Bonchev–Trinajstić information content (AvgIpc) is 3.18. The quantitative estimate of drug-likeness (QED) is 0.318. The van der Waals surface area contributed by atoms with Gasteiger partial charge in [-0.25, -0.2) is 0 Å². The summed E-state index contributed by atoms with van der Waals surface area (Å²) in [5.74, 6) is 0.219. The smallest absolute Gasteiger partial charge is 0.253 e. The summed E-state index contributed by atoms with van der Waals surface area (Å²) in [5, 5.41) is 17.5. The van der Waals surface area contributed by atoms with E-state index < -0.39 is 6.04 Å². The van der Waals surface area contributed by atoms with Gasteiger partial charge in [0.05, 0.1) is 22.4 Å². The number of nitrogens with zero attached hydrogens (tertiary/aromatic N) is 3. The minimum Gasteiger partial charge on any atom is -0.342 e. The lowest BCUT2D eigenvalue weighted by atomic mass is 10.1. The van der Waals surface area contributed by atoms with Crippen LogP contribution >= 0.6 is 35.0 Å². The molecule has 4 aromatic rings. The van der Waals surface area contributed by atoms with Gasteiger partial charge in [-0.2, -0.15) is 0 Å². The summed E-state index contributed by atoms with van der Waals surface area (Å²) in [6.45, 7) is 1.80. The molecule has 0 aliphatic heterocycles. The van der Waals surface area contributed by atoms with Gasteiger partial charge in [0.2, 0.25) is 5.91 Å². The van der Waals surface area contributed by atoms with Crippen molar-refractivity contribution >= 4 is 63.2 Å². The predicted molar refractivity (Wildman–Crippen MR) is 137 cm³/mol. The third-order valence-corrected chi connectivity index (χ3v) is 6.74. The molecule has 4 rings (SSSR count). The van der Waals surface area contributed by atoms with E-state index in [2.05, 4.69) is 20.8 Å². The number of amides is 2. The summed E-state index contributed by atoms with van der Waals surface area (Å²) in [4.78, 5) is 25.2. The van der Waals surface area contributed by atoms with Crippen molar-refractivity contribution in [2.24, 2.45) is 7.05 Å². The van der Waals surface area contributed by atoms with E-state index >= 15 is 0 Å². The Bertz CT molecular complexity index is 1370. The van der Waals surface area contributed by atoms with Crippen molar-refractivity contribution in [2.75, 3.05) is 11.1 Å². The number of nitrogens with one attached hydrogen (secondary N) is 2. The van der Waals surface area contributed by atoms with E-state index in [4.69, 9.17) is 23.2 Å². The Labute approximate surface area is 210 Å². The first-order chi connectivity index (χ1) is 16.3. The van der Waals surface area contributed by atoms with Crippen LogP contribution in [0.2, 0.25) is 10.0 Å². The second-order valence-electron chi connectivity index (χ2n) is 7.58. The van der Waals surface area contributed by atoms with Crippen LogP contribution in [0.3, 0.4) is 0 Å². The molecule has 7 nitrogen and oxygen atoms in total. The number of carbonyl (C=O) groups excluding carboxylic acids is 2. The summed E-state index contributed by atoms with van der Waals surface area (Å²) in [6, 6.07) is 17.9. The second-order valence-corrected chi connectivity index (χ2v) is 9.37. The SMILES string of the molecule is C[C@@H](NC(=O)c1ccc(Cl)cc1Cl)c1nnc(SCC(=O)Nc2cccc3ccccc23)n1C. The molecule has 0 fully saturated rings. The summed E-state index contributed by atoms with van der Waals surface area (Å²) in [6.07, 6.45) is 0. The Morgan fingerprint density at radius 2 is 1.82 bits per heavy atom. The second kappa shape index (κ2) is 10.5. The van der Waals surface area contributed by atoms with Crippen LogP contribution in [-0.2, 0) is 11.8 Å². The largest absolute Gasteiger partial charge is 0.342 e. The minimum atomic E-state index is -0.435. The van der Waals surface area contributed by atoms with Gasteiger partial charge < -0.3 is 15.2 Å². The van der Waals surface area contributed by atoms with Gasteiger partial charge in [-0.15, -0.1) is 10.2 Å². The highest BCUT2D eigenvalue weighted by atomic mass is 35.5. The fourth-order valence-electron chi connectivity index (χ4n) is 3.49. The van der Waals surface area contributed by atoms with Gasteiger partial charge in [0.1, 0.15) is 0 Å². The molecule has 1 aromatic heterocycles. The number of rotatable bonds is 7. The van der Waals surface area contributed by atoms with Crippen molar-refractivity contribution in [2.45, 2.75) is 18.1 Å². The fraction of sp³-hybridized carbons (Fsp3) is 0.167. The molecule has 0 aliphatic rings. The molecule has 174 valence electrons. The lowest BCUT2D eigenvalue weighted by Crippen LogP contribution is -2.28. The van der Waals surface area contributed by atoms with Crippen molar-refractivity contribution < 1.29 is 9.59 Å². The topological polar surface area (TPSA) is 88.9 Å². The number of benzene rings is 3. The van der Waals surface area contributed by atoms with Gasteiger partial charge in [-0.05, 0) is 36.6 Å². The zero-order valence-electron chi connectivity index (χ0n) is 18.4. The monoisotopic (exact) mass is 513 g/mol. The van der Waals surface area contributed by atoms with E-state index in [0.29, 0.717) is 21.6 Å². The highest BCUT2D eigenvalue weighted by Gasteiger charge is 2.20. The number of hydrogen-bond acceptors (Lipinski definition) is 5. The maximum Gasteiger partial charge on any atom is 0.253 e. The number of thioether (sulfide) groups is 1. The van der Waals surface area contributed by atoms with Crippen molar-refractivity contribution in [1.82, 2.24) is 20.1 Å². The maximum atomic E-state index is 12.6. The van der Waals surface area contributed by atoms with Gasteiger partial charge >= 0.3 is 0 Å². The van der Waals surface area contributed by atoms with E-state index in [0.717, 1.165) is 16.5 Å². The van der Waals surface area contributed by atoms with E-state index in [1.807, 2.05) is 42.5 Å². The van der Waals surface area contributed by atoms with Crippen LogP contribution in [0.4, 0.5) is 5.69 Å². The first kappa shape index (κ1) is 24.1. The molecule has 0 saturated carbocycles. The lowest BCUT2D eigenvalue weighted by Gasteiger charge is -2.14. The zero-order chi connectivity index (χ0) is 24.2. The minimum absolute atomic E-state index is 0.148. The number of hydrogen-bond donors (Lipinski definition) is 2. The Kier molecular flexibility index (Phi) is 7.41. The van der Waals surface area contributed by atoms with Crippen molar-refractivity contribution in [1.29, 1.82) is 0 Å². The Morgan fingerprint density at radius 3 is 2.62 bits per heavy atom. The van der Waals surface area contributed by atoms with E-state index in [9.17, 15) is 9.59 Å². The zero-order valence-corrected chi connectivity index (χ0v) is 20.7. The molecule has 0 spiro atoms. The Hall–Kier alpha value is -3.07. The van der Waals surface area contributed by atoms with Crippen molar-refractivity contribution in [3.63, 3.8) is 0 Å². The summed E-state index contributed by atoms with van der Waals surface area (Å²) in [5.41, 5.74) is 1.08. The van der Waals surface area contributed by atoms with Gasteiger partial charge in [-0.3, -0.25) is 9.59 Å². The predicted octanol–water partition coefficient (Wildman–Crippen LogP) is 5.50. The maximum absolute atomic E-state index is 12.6. The summed E-state index contributed by atoms with van der Waals surface area (Å²) < 4.78 is 1.75. The molecular formula is C24H21Cl2N5O2S. The molecule has 0 aliphatic carbocycles. The van der Waals surface area contributed by atoms with Crippen LogP contribution in [0.5, 0.6) is 0 Å². The molecule has 0 unspecified atom stereocenters. The number of carbonyl (C=O) groups is 2. The van der Waals surface area contributed by atoms with Crippen LogP contribution in [0.25, 0.3) is 10.8 Å². The number of halogens is 2. The van der Waals surface area contributed by atoms with Crippen LogP contribution in [0.1, 0.15) is 29.1 Å². The average molecular weight is 514 g/mol. The van der Waals surface area contributed by atoms with Crippen molar-refractivity contribution in [3.8, 4) is 0 Å². The highest BCUT2D eigenvalue weighted by molar-refractivity contribution is 7.99. The number of anilines is 1. The lowest BCUT2D eigenvalue weighted by molar-refractivity contribution is -0.113. The third-order valence-electron chi connectivity index (χ3n) is 5.18. The number of aromatic nitrogens is 3. The van der Waals surface area contributed by atoms with Gasteiger partial charge in [-0.1, -0.05) is 71.4 Å². The molecule has 2 amide bonds. The van der Waals surface area contributed by atoms with Gasteiger partial charge in [0.15, 0.2) is 11.0 Å². The first-order valence-electron chi connectivity index (χ1n) is 10.4. The van der Waals surface area contributed by atoms with Crippen LogP contribution < -0.4 is 10.6 Å².